The quantitative estimate of drug-likeness (QED) is 0.239. The summed E-state index contributed by atoms with van der Waals surface area (Å²) in [4.78, 5) is 41.8. The fourth-order valence-electron chi connectivity index (χ4n) is 4.11. The lowest BCUT2D eigenvalue weighted by Crippen LogP contribution is -2.49. The van der Waals surface area contributed by atoms with Crippen molar-refractivity contribution in [2.75, 3.05) is 31.1 Å². The van der Waals surface area contributed by atoms with Gasteiger partial charge in [0.1, 0.15) is 5.69 Å². The van der Waals surface area contributed by atoms with E-state index in [1.54, 1.807) is 35.2 Å². The van der Waals surface area contributed by atoms with Crippen molar-refractivity contribution in [3.63, 3.8) is 0 Å². The minimum Gasteiger partial charge on any atom is -0.362 e. The van der Waals surface area contributed by atoms with Crippen LogP contribution in [0.3, 0.4) is 0 Å². The number of pyridine rings is 1. The minimum atomic E-state index is -0.750. The van der Waals surface area contributed by atoms with Crippen LogP contribution < -0.4 is 10.5 Å². The number of anilines is 1. The molecule has 0 saturated carbocycles. The maximum atomic E-state index is 13.4. The molecule has 0 spiro atoms. The van der Waals surface area contributed by atoms with E-state index < -0.39 is 16.2 Å². The first-order valence-corrected chi connectivity index (χ1v) is 11.6. The monoisotopic (exact) mass is 477 g/mol. The molecule has 3 heterocycles. The number of para-hydroxylation sites is 1. The Morgan fingerprint density at radius 1 is 1.18 bits per heavy atom. The highest BCUT2D eigenvalue weighted by Gasteiger charge is 2.32. The molecule has 2 aromatic heterocycles. The summed E-state index contributed by atoms with van der Waals surface area (Å²) < 4.78 is 1.26. The number of thiophene rings is 1. The van der Waals surface area contributed by atoms with Gasteiger partial charge in [-0.05, 0) is 29.3 Å². The van der Waals surface area contributed by atoms with Gasteiger partial charge in [-0.25, -0.2) is 0 Å². The summed E-state index contributed by atoms with van der Waals surface area (Å²) in [7, 11) is 0. The van der Waals surface area contributed by atoms with E-state index >= 15 is 0 Å². The Morgan fingerprint density at radius 3 is 2.53 bits per heavy atom. The SMILES string of the molecule is C=CC(=Cn1c(=O)c([N+](=O)[O-])c(N2CCN(C(=O)c3cccs3)CC2)c2ccccc21)CC=N. The minimum absolute atomic E-state index is 0.0577. The van der Waals surface area contributed by atoms with Crippen LogP contribution in [0.4, 0.5) is 11.4 Å². The Hall–Kier alpha value is -4.05. The summed E-state index contributed by atoms with van der Waals surface area (Å²) in [5.41, 5.74) is 0.122. The number of nitrogens with one attached hydrogen (secondary N) is 1. The predicted molar refractivity (Wildman–Crippen MR) is 135 cm³/mol. The molecule has 1 N–H and O–H groups in total. The van der Waals surface area contributed by atoms with Crippen LogP contribution in [0.25, 0.3) is 17.1 Å². The first-order valence-electron chi connectivity index (χ1n) is 10.7. The first kappa shape index (κ1) is 23.1. The van der Waals surface area contributed by atoms with Gasteiger partial charge in [-0.1, -0.05) is 36.9 Å². The first-order chi connectivity index (χ1) is 16.5. The molecule has 10 heteroatoms. The van der Waals surface area contributed by atoms with Crippen molar-refractivity contribution in [1.29, 1.82) is 5.41 Å². The van der Waals surface area contributed by atoms with Crippen molar-refractivity contribution >= 4 is 51.9 Å². The molecule has 1 amide bonds. The third kappa shape index (κ3) is 4.27. The maximum absolute atomic E-state index is 13.4. The molecule has 4 rings (SSSR count). The molecule has 0 unspecified atom stereocenters. The fraction of sp³-hybridized carbons (Fsp3) is 0.208. The molecular weight excluding hydrogens is 454 g/mol. The average molecular weight is 478 g/mol. The smallest absolute Gasteiger partial charge is 0.358 e. The molecule has 3 aromatic rings. The molecule has 9 nitrogen and oxygen atoms in total. The van der Waals surface area contributed by atoms with Crippen molar-refractivity contribution in [2.45, 2.75) is 6.42 Å². The van der Waals surface area contributed by atoms with E-state index in [0.717, 1.165) is 0 Å². The highest BCUT2D eigenvalue weighted by atomic mass is 32.1. The van der Waals surface area contributed by atoms with Gasteiger partial charge in [0, 0.05) is 44.2 Å². The lowest BCUT2D eigenvalue weighted by Gasteiger charge is -2.36. The third-order valence-electron chi connectivity index (χ3n) is 5.76. The number of hydrogen-bond acceptors (Lipinski definition) is 7. The number of nitrogens with zero attached hydrogens (tertiary/aromatic N) is 4. The summed E-state index contributed by atoms with van der Waals surface area (Å²) in [6.45, 7) is 5.24. The van der Waals surface area contributed by atoms with Crippen LogP contribution in [-0.2, 0) is 0 Å². The molecule has 34 heavy (non-hydrogen) atoms. The van der Waals surface area contributed by atoms with Crippen LogP contribution in [0.5, 0.6) is 0 Å². The van der Waals surface area contributed by atoms with E-state index in [1.165, 1.54) is 34.4 Å². The second kappa shape index (κ2) is 9.84. The van der Waals surface area contributed by atoms with E-state index in [9.17, 15) is 19.7 Å². The predicted octanol–water partition coefficient (Wildman–Crippen LogP) is 4.00. The molecule has 0 radical (unpaired) electrons. The van der Waals surface area contributed by atoms with E-state index in [0.29, 0.717) is 47.5 Å². The Morgan fingerprint density at radius 2 is 1.91 bits per heavy atom. The van der Waals surface area contributed by atoms with Gasteiger partial charge < -0.3 is 15.2 Å². The summed E-state index contributed by atoms with van der Waals surface area (Å²) in [6.07, 6.45) is 4.45. The number of carbonyl (C=O) groups excluding carboxylic acids is 1. The molecule has 0 bridgehead atoms. The maximum Gasteiger partial charge on any atom is 0.358 e. The largest absolute Gasteiger partial charge is 0.362 e. The zero-order valence-corrected chi connectivity index (χ0v) is 19.2. The Bertz CT molecular complexity index is 1350. The number of amides is 1. The van der Waals surface area contributed by atoms with Gasteiger partial charge in [0.15, 0.2) is 0 Å². The lowest BCUT2D eigenvalue weighted by atomic mass is 10.1. The molecule has 1 aliphatic heterocycles. The van der Waals surface area contributed by atoms with Crippen LogP contribution in [0.15, 0.2) is 64.8 Å². The highest BCUT2D eigenvalue weighted by Crippen LogP contribution is 2.34. The number of nitro groups is 1. The normalized spacial score (nSPS) is 14.3. The molecule has 0 atom stereocenters. The third-order valence-corrected chi connectivity index (χ3v) is 6.61. The lowest BCUT2D eigenvalue weighted by molar-refractivity contribution is -0.385. The van der Waals surface area contributed by atoms with Gasteiger partial charge in [0.05, 0.1) is 15.3 Å². The van der Waals surface area contributed by atoms with Crippen LogP contribution in [0.2, 0.25) is 0 Å². The number of aromatic nitrogens is 1. The van der Waals surface area contributed by atoms with Crippen LogP contribution in [0.1, 0.15) is 16.1 Å². The van der Waals surface area contributed by atoms with Gasteiger partial charge in [0.2, 0.25) is 0 Å². The number of piperazine rings is 1. The molecule has 1 aliphatic rings. The van der Waals surface area contributed by atoms with Gasteiger partial charge in [-0.3, -0.25) is 24.3 Å². The Labute approximate surface area is 199 Å². The van der Waals surface area contributed by atoms with Crippen molar-refractivity contribution < 1.29 is 9.72 Å². The van der Waals surface area contributed by atoms with Gasteiger partial charge in [-0.15, -0.1) is 11.3 Å². The summed E-state index contributed by atoms with van der Waals surface area (Å²) in [5.74, 6) is -0.0577. The van der Waals surface area contributed by atoms with Gasteiger partial charge in [0.25, 0.3) is 5.91 Å². The molecule has 1 saturated heterocycles. The number of hydrogen-bond donors (Lipinski definition) is 1. The van der Waals surface area contributed by atoms with Crippen molar-refractivity contribution in [3.05, 3.63) is 85.4 Å². The van der Waals surface area contributed by atoms with E-state index in [-0.39, 0.29) is 18.0 Å². The molecule has 174 valence electrons. The van der Waals surface area contributed by atoms with Crippen LogP contribution in [0, 0.1) is 15.5 Å². The van der Waals surface area contributed by atoms with E-state index in [2.05, 4.69) is 6.58 Å². The van der Waals surface area contributed by atoms with Crippen molar-refractivity contribution in [1.82, 2.24) is 9.47 Å². The number of benzene rings is 1. The number of allylic oxidation sites excluding steroid dienone is 2. The average Bonchev–Trinajstić information content (AvgIpc) is 3.39. The van der Waals surface area contributed by atoms with E-state index in [4.69, 9.17) is 5.41 Å². The summed E-state index contributed by atoms with van der Waals surface area (Å²) >= 11 is 1.38. The standard InChI is InChI=1S/C24H23N5O4S/c1-2-17(9-10-25)16-28-19-7-4-3-6-18(19)21(22(24(28)31)29(32)33)26-11-13-27(14-12-26)23(30)20-8-5-15-34-20/h2-8,10,15-16,25H,1,9,11-14H2. The highest BCUT2D eigenvalue weighted by molar-refractivity contribution is 7.12. The van der Waals surface area contributed by atoms with Gasteiger partial charge >= 0.3 is 11.2 Å². The fourth-order valence-corrected chi connectivity index (χ4v) is 4.80. The van der Waals surface area contributed by atoms with Crippen molar-refractivity contribution in [2.24, 2.45) is 0 Å². The molecule has 1 aromatic carbocycles. The number of fused-ring (bicyclic) bond motifs is 1. The topological polar surface area (TPSA) is 113 Å². The molecule has 0 aliphatic carbocycles. The Kier molecular flexibility index (Phi) is 6.69. The van der Waals surface area contributed by atoms with Crippen molar-refractivity contribution in [3.8, 4) is 0 Å². The number of rotatable bonds is 7. The Balaban J connectivity index is 1.79. The second-order valence-electron chi connectivity index (χ2n) is 7.72. The zero-order valence-electron chi connectivity index (χ0n) is 18.3. The number of carbonyl (C=O) groups is 1. The summed E-state index contributed by atoms with van der Waals surface area (Å²) in [5, 5.41) is 21.9. The van der Waals surface area contributed by atoms with E-state index in [1.807, 2.05) is 16.3 Å². The molecular formula is C24H23N5O4S. The van der Waals surface area contributed by atoms with Crippen LogP contribution in [-0.4, -0.2) is 52.7 Å². The molecule has 1 fully saturated rings. The second-order valence-corrected chi connectivity index (χ2v) is 8.67. The summed E-state index contributed by atoms with van der Waals surface area (Å²) in [6, 6.07) is 10.6. The van der Waals surface area contributed by atoms with Gasteiger partial charge in [-0.2, -0.15) is 0 Å². The van der Waals surface area contributed by atoms with Crippen LogP contribution >= 0.6 is 11.3 Å². The zero-order chi connectivity index (χ0) is 24.2.